The molecule has 2 atom stereocenters. The second kappa shape index (κ2) is 5.05. The molecule has 0 aliphatic rings. The summed E-state index contributed by atoms with van der Waals surface area (Å²) in [6.45, 7) is 0. The maximum absolute atomic E-state index is 10.6. The van der Waals surface area contributed by atoms with Gasteiger partial charge in [0.25, 0.3) is 0 Å². The maximum Gasteiger partial charge on any atom is 0.336 e. The third-order valence-electron chi connectivity index (χ3n) is 1.46. The Morgan fingerprint density at radius 3 is 2.29 bits per heavy atom. The maximum atomic E-state index is 10.6. The van der Waals surface area contributed by atoms with E-state index in [2.05, 4.69) is 31.9 Å². The van der Waals surface area contributed by atoms with Gasteiger partial charge in [-0.05, 0) is 6.42 Å². The number of carbonyl (C=O) groups is 1. The molecule has 0 aromatic carbocycles. The van der Waals surface area contributed by atoms with E-state index in [9.17, 15) is 9.36 Å². The van der Waals surface area contributed by atoms with E-state index in [4.69, 9.17) is 20.6 Å². The Kier molecular flexibility index (Phi) is 5.24. The Bertz CT molecular complexity index is 265. The van der Waals surface area contributed by atoms with Crippen molar-refractivity contribution < 1.29 is 24.3 Å². The Hall–Kier alpha value is 0.540. The zero-order valence-electron chi connectivity index (χ0n) is 6.93. The first-order valence-electron chi connectivity index (χ1n) is 3.47. The lowest BCUT2D eigenvalue weighted by Gasteiger charge is -2.23. The van der Waals surface area contributed by atoms with Crippen LogP contribution in [0.5, 0.6) is 0 Å². The fraction of sp³-hybridized carbons (Fsp3) is 0.800. The summed E-state index contributed by atoms with van der Waals surface area (Å²) in [4.78, 5) is 26.9. The Balaban J connectivity index is 4.29. The van der Waals surface area contributed by atoms with E-state index in [1.54, 1.807) is 0 Å². The number of carboxylic acids is 1. The lowest BCUT2D eigenvalue weighted by atomic mass is 10.2. The highest BCUT2D eigenvalue weighted by atomic mass is 79.9. The number of carboxylic acid groups (broad SMARTS) is 1. The molecule has 84 valence electrons. The van der Waals surface area contributed by atoms with Crippen LogP contribution in [0.1, 0.15) is 6.42 Å². The molecule has 5 N–H and O–H groups in total. The molecule has 0 aliphatic carbocycles. The number of nitrogens with two attached hydrogens (primary N) is 1. The van der Waals surface area contributed by atoms with Gasteiger partial charge in [-0.3, -0.25) is 4.57 Å². The number of hydrogen-bond acceptors (Lipinski definition) is 3. The molecular weight excluding hydrogens is 345 g/mol. The molecule has 2 unspecified atom stereocenters. The summed E-state index contributed by atoms with van der Waals surface area (Å²) in [6.07, 6.45) is -0.459. The first-order chi connectivity index (χ1) is 6.07. The summed E-state index contributed by atoms with van der Waals surface area (Å²) in [7, 11) is -4.12. The molecule has 14 heavy (non-hydrogen) atoms. The molecule has 0 saturated heterocycles. The molecule has 0 saturated carbocycles. The summed E-state index contributed by atoms with van der Waals surface area (Å²) in [5.41, 5.74) is 5.35. The summed E-state index contributed by atoms with van der Waals surface area (Å²) in [5.74, 6) is -1.30. The van der Waals surface area contributed by atoms with Crippen LogP contribution in [0, 0.1) is 0 Å². The summed E-state index contributed by atoms with van der Waals surface area (Å²) < 4.78 is 8.78. The minimum Gasteiger partial charge on any atom is -0.479 e. The van der Waals surface area contributed by atoms with Crippen molar-refractivity contribution in [3.63, 3.8) is 0 Å². The van der Waals surface area contributed by atoms with Gasteiger partial charge in [-0.15, -0.1) is 0 Å². The fourth-order valence-corrected chi connectivity index (χ4v) is 2.23. The lowest BCUT2D eigenvalue weighted by Crippen LogP contribution is -2.49. The van der Waals surface area contributed by atoms with Gasteiger partial charge in [0, 0.05) is 0 Å². The quantitative estimate of drug-likeness (QED) is 0.323. The molecule has 0 fully saturated rings. The van der Waals surface area contributed by atoms with Crippen molar-refractivity contribution in [3.8, 4) is 0 Å². The highest BCUT2D eigenvalue weighted by Gasteiger charge is 2.39. The van der Waals surface area contributed by atoms with E-state index in [0.29, 0.717) is 0 Å². The lowest BCUT2D eigenvalue weighted by molar-refractivity contribution is -0.139. The van der Waals surface area contributed by atoms with Gasteiger partial charge in [-0.2, -0.15) is 0 Å². The molecule has 0 radical (unpaired) electrons. The molecule has 0 aromatic heterocycles. The third kappa shape index (κ3) is 4.86. The minimum absolute atomic E-state index is 0.0433. The Labute approximate surface area is 97.3 Å². The molecule has 0 aromatic rings. The van der Waals surface area contributed by atoms with Crippen molar-refractivity contribution in [2.75, 3.05) is 6.16 Å². The van der Waals surface area contributed by atoms with Crippen LogP contribution in [0.3, 0.4) is 0 Å². The largest absolute Gasteiger partial charge is 0.479 e. The second-order valence-corrected chi connectivity index (χ2v) is 6.91. The van der Waals surface area contributed by atoms with E-state index in [1.165, 1.54) is 0 Å². The summed E-state index contributed by atoms with van der Waals surface area (Å²) in [5, 5.41) is 8.65. The molecule has 0 amide bonds. The van der Waals surface area contributed by atoms with Crippen LogP contribution in [0.4, 0.5) is 0 Å². The topological polar surface area (TPSA) is 121 Å². The van der Waals surface area contributed by atoms with Gasteiger partial charge >= 0.3 is 13.6 Å². The summed E-state index contributed by atoms with van der Waals surface area (Å²) in [6, 6.07) is 0. The van der Waals surface area contributed by atoms with Crippen molar-refractivity contribution in [3.05, 3.63) is 0 Å². The Morgan fingerprint density at radius 2 is 2.00 bits per heavy atom. The zero-order valence-corrected chi connectivity index (χ0v) is 11.0. The normalized spacial score (nSPS) is 18.6. The number of rotatable bonds is 5. The van der Waals surface area contributed by atoms with Crippen LogP contribution in [-0.2, 0) is 9.36 Å². The fourth-order valence-electron chi connectivity index (χ4n) is 0.626. The van der Waals surface area contributed by atoms with E-state index in [0.717, 1.165) is 0 Å². The van der Waals surface area contributed by atoms with Crippen LogP contribution in [0.25, 0.3) is 0 Å². The van der Waals surface area contributed by atoms with Gasteiger partial charge in [0.15, 0.2) is 4.45 Å². The van der Waals surface area contributed by atoms with Crippen LogP contribution in [-0.4, -0.2) is 36.3 Å². The first-order valence-corrected chi connectivity index (χ1v) is 6.98. The van der Waals surface area contributed by atoms with Gasteiger partial charge in [0.05, 0.1) is 11.0 Å². The van der Waals surface area contributed by atoms with E-state index in [1.807, 2.05) is 0 Å². The molecule has 0 heterocycles. The van der Waals surface area contributed by atoms with E-state index < -0.39 is 29.0 Å². The van der Waals surface area contributed by atoms with E-state index in [-0.39, 0.29) is 6.42 Å². The van der Waals surface area contributed by atoms with Crippen LogP contribution < -0.4 is 5.73 Å². The van der Waals surface area contributed by atoms with Crippen molar-refractivity contribution >= 4 is 45.4 Å². The Morgan fingerprint density at radius 1 is 1.57 bits per heavy atom. The molecule has 0 spiro atoms. The van der Waals surface area contributed by atoms with Gasteiger partial charge < -0.3 is 20.6 Å². The minimum atomic E-state index is -4.12. The van der Waals surface area contributed by atoms with Gasteiger partial charge in [-0.1, -0.05) is 31.9 Å². The molecule has 9 heteroatoms. The average molecular weight is 355 g/mol. The highest BCUT2D eigenvalue weighted by molar-refractivity contribution is 9.12. The highest BCUT2D eigenvalue weighted by Crippen LogP contribution is 2.38. The zero-order chi connectivity index (χ0) is 11.6. The third-order valence-corrected chi connectivity index (χ3v) is 4.98. The smallest absolute Gasteiger partial charge is 0.336 e. The standard InChI is InChI=1S/C5H10Br2NO5P/c6-3(1-2-14(11,12)13)5(7,8)4(9)10/h3H,1-2,8H2,(H,9,10)(H2,11,12,13). The molecule has 6 nitrogen and oxygen atoms in total. The number of alkyl halides is 2. The number of aliphatic carboxylic acids is 1. The van der Waals surface area contributed by atoms with Crippen molar-refractivity contribution in [1.29, 1.82) is 0 Å². The summed E-state index contributed by atoms with van der Waals surface area (Å²) >= 11 is 5.71. The van der Waals surface area contributed by atoms with Crippen LogP contribution in [0.15, 0.2) is 0 Å². The molecule has 0 aliphatic heterocycles. The van der Waals surface area contributed by atoms with Crippen molar-refractivity contribution in [2.45, 2.75) is 15.7 Å². The van der Waals surface area contributed by atoms with Gasteiger partial charge in [-0.25, -0.2) is 4.79 Å². The predicted octanol–water partition coefficient (Wildman–Crippen LogP) is 0.452. The molecular formula is C5H10Br2NO5P. The molecule has 0 rings (SSSR count). The number of hydrogen-bond donors (Lipinski definition) is 4. The van der Waals surface area contributed by atoms with Crippen molar-refractivity contribution in [2.24, 2.45) is 5.73 Å². The number of halogens is 2. The van der Waals surface area contributed by atoms with Gasteiger partial charge in [0.1, 0.15) is 0 Å². The van der Waals surface area contributed by atoms with Crippen LogP contribution in [0.2, 0.25) is 0 Å². The van der Waals surface area contributed by atoms with Crippen molar-refractivity contribution in [1.82, 2.24) is 0 Å². The predicted molar refractivity (Wildman–Crippen MR) is 57.7 cm³/mol. The van der Waals surface area contributed by atoms with Crippen LogP contribution >= 0.6 is 39.5 Å². The average Bonchev–Trinajstić information content (AvgIpc) is 1.98. The first kappa shape index (κ1) is 14.5. The van der Waals surface area contributed by atoms with E-state index >= 15 is 0 Å². The second-order valence-electron chi connectivity index (χ2n) is 2.72. The SMILES string of the molecule is NC(Br)(C(=O)O)C(Br)CCP(=O)(O)O. The van der Waals surface area contributed by atoms with Gasteiger partial charge in [0.2, 0.25) is 0 Å². The monoisotopic (exact) mass is 353 g/mol. The molecule has 0 bridgehead atoms.